The standard InChI is InChI=1S/C18H20N6O4/c1-11-13(3-4-14(22-11)27-2)24-10-21-15-16(24)19-9-20-17(15)28-12-5-7-23(8-6-12)18(25)26/h3-4,9-10,12H,5-8H2,1-2H3,(H,25,26). The van der Waals surface area contributed by atoms with Crippen LogP contribution in [0.15, 0.2) is 24.8 Å². The molecule has 1 saturated heterocycles. The van der Waals surface area contributed by atoms with E-state index in [1.165, 1.54) is 11.2 Å². The lowest BCUT2D eigenvalue weighted by Crippen LogP contribution is -2.41. The van der Waals surface area contributed by atoms with Gasteiger partial charge >= 0.3 is 6.09 Å². The molecule has 3 aromatic heterocycles. The molecule has 1 aliphatic heterocycles. The molecular formula is C18H20N6O4. The fourth-order valence-corrected chi connectivity index (χ4v) is 3.30. The molecule has 0 aromatic carbocycles. The zero-order valence-corrected chi connectivity index (χ0v) is 15.6. The van der Waals surface area contributed by atoms with Crippen molar-refractivity contribution in [2.24, 2.45) is 0 Å². The molecule has 0 saturated carbocycles. The van der Waals surface area contributed by atoms with Gasteiger partial charge in [-0.05, 0) is 13.0 Å². The molecule has 0 unspecified atom stereocenters. The molecule has 1 aliphatic rings. The molecule has 0 atom stereocenters. The minimum absolute atomic E-state index is 0.108. The van der Waals surface area contributed by atoms with Gasteiger partial charge in [-0.25, -0.2) is 19.7 Å². The number of nitrogens with zero attached hydrogens (tertiary/aromatic N) is 6. The van der Waals surface area contributed by atoms with Crippen molar-refractivity contribution in [3.8, 4) is 17.4 Å². The van der Waals surface area contributed by atoms with Crippen molar-refractivity contribution in [2.75, 3.05) is 20.2 Å². The first-order chi connectivity index (χ1) is 13.6. The molecule has 0 radical (unpaired) electrons. The van der Waals surface area contributed by atoms with Crippen molar-refractivity contribution in [3.05, 3.63) is 30.5 Å². The SMILES string of the molecule is COc1ccc(-n2cnc3c(OC4CCN(C(=O)O)CC4)ncnc32)c(C)n1. The number of hydrogen-bond acceptors (Lipinski definition) is 7. The van der Waals surface area contributed by atoms with Gasteiger partial charge in [0.2, 0.25) is 11.8 Å². The van der Waals surface area contributed by atoms with Gasteiger partial charge in [-0.3, -0.25) is 4.57 Å². The number of aromatic nitrogens is 5. The van der Waals surface area contributed by atoms with Crippen molar-refractivity contribution >= 4 is 17.3 Å². The van der Waals surface area contributed by atoms with E-state index in [1.54, 1.807) is 19.5 Å². The lowest BCUT2D eigenvalue weighted by atomic mass is 10.1. The van der Waals surface area contributed by atoms with Crippen LogP contribution in [0.3, 0.4) is 0 Å². The molecule has 28 heavy (non-hydrogen) atoms. The zero-order chi connectivity index (χ0) is 19.7. The summed E-state index contributed by atoms with van der Waals surface area (Å²) in [5.74, 6) is 0.939. The second-order valence-corrected chi connectivity index (χ2v) is 6.51. The number of imidazole rings is 1. The second-order valence-electron chi connectivity index (χ2n) is 6.51. The van der Waals surface area contributed by atoms with E-state index in [1.807, 2.05) is 17.6 Å². The Bertz CT molecular complexity index is 1010. The largest absolute Gasteiger partial charge is 0.481 e. The highest BCUT2D eigenvalue weighted by Gasteiger charge is 2.25. The Morgan fingerprint density at radius 1 is 1.21 bits per heavy atom. The van der Waals surface area contributed by atoms with Crippen LogP contribution in [0.2, 0.25) is 0 Å². The van der Waals surface area contributed by atoms with Crippen LogP contribution in [0.1, 0.15) is 18.5 Å². The topological polar surface area (TPSA) is 115 Å². The Balaban J connectivity index is 1.60. The summed E-state index contributed by atoms with van der Waals surface area (Å²) in [5, 5.41) is 9.06. The maximum absolute atomic E-state index is 11.0. The Hall–Kier alpha value is -3.43. The van der Waals surface area contributed by atoms with E-state index >= 15 is 0 Å². The van der Waals surface area contributed by atoms with Crippen molar-refractivity contribution in [1.29, 1.82) is 0 Å². The summed E-state index contributed by atoms with van der Waals surface area (Å²) >= 11 is 0. The number of pyridine rings is 1. The molecule has 146 valence electrons. The van der Waals surface area contributed by atoms with Crippen molar-refractivity contribution < 1.29 is 19.4 Å². The molecule has 1 amide bonds. The predicted octanol–water partition coefficient (Wildman–Crippen LogP) is 2.05. The Morgan fingerprint density at radius 3 is 2.68 bits per heavy atom. The highest BCUT2D eigenvalue weighted by molar-refractivity contribution is 5.78. The van der Waals surface area contributed by atoms with Crippen LogP contribution in [0.25, 0.3) is 16.9 Å². The van der Waals surface area contributed by atoms with Gasteiger partial charge < -0.3 is 19.5 Å². The monoisotopic (exact) mass is 384 g/mol. The molecule has 0 spiro atoms. The molecule has 1 fully saturated rings. The van der Waals surface area contributed by atoms with Crippen LogP contribution < -0.4 is 9.47 Å². The van der Waals surface area contributed by atoms with Crippen LogP contribution in [0.5, 0.6) is 11.8 Å². The van der Waals surface area contributed by atoms with Gasteiger partial charge in [-0.2, -0.15) is 4.98 Å². The normalized spacial score (nSPS) is 15.0. The maximum Gasteiger partial charge on any atom is 0.407 e. The average Bonchev–Trinajstić information content (AvgIpc) is 3.13. The first-order valence-electron chi connectivity index (χ1n) is 8.91. The molecule has 4 heterocycles. The van der Waals surface area contributed by atoms with Crippen molar-refractivity contribution in [1.82, 2.24) is 29.4 Å². The number of carboxylic acid groups (broad SMARTS) is 1. The Labute approximate surface area is 160 Å². The minimum atomic E-state index is -0.898. The van der Waals surface area contributed by atoms with Gasteiger partial charge in [-0.1, -0.05) is 0 Å². The number of carbonyl (C=O) groups is 1. The summed E-state index contributed by atoms with van der Waals surface area (Å²) in [7, 11) is 1.58. The first kappa shape index (κ1) is 18.0. The highest BCUT2D eigenvalue weighted by Crippen LogP contribution is 2.26. The first-order valence-corrected chi connectivity index (χ1v) is 8.91. The van der Waals surface area contributed by atoms with Crippen molar-refractivity contribution in [2.45, 2.75) is 25.9 Å². The lowest BCUT2D eigenvalue weighted by molar-refractivity contribution is 0.0878. The second kappa shape index (κ2) is 7.29. The van der Waals surface area contributed by atoms with E-state index < -0.39 is 6.09 Å². The number of likely N-dealkylation sites (tertiary alicyclic amines) is 1. The van der Waals surface area contributed by atoms with Gasteiger partial charge in [0, 0.05) is 32.0 Å². The van der Waals surface area contributed by atoms with E-state index in [0.717, 1.165) is 11.4 Å². The van der Waals surface area contributed by atoms with Gasteiger partial charge in [0.05, 0.1) is 18.5 Å². The number of amides is 1. The summed E-state index contributed by atoms with van der Waals surface area (Å²) < 4.78 is 13.0. The predicted molar refractivity (Wildman–Crippen MR) is 99.0 cm³/mol. The van der Waals surface area contributed by atoms with Crippen LogP contribution in [0, 0.1) is 6.92 Å². The van der Waals surface area contributed by atoms with Crippen molar-refractivity contribution in [3.63, 3.8) is 0 Å². The summed E-state index contributed by atoms with van der Waals surface area (Å²) in [6, 6.07) is 3.68. The summed E-state index contributed by atoms with van der Waals surface area (Å²) in [4.78, 5) is 29.9. The van der Waals surface area contributed by atoms with E-state index in [0.29, 0.717) is 48.9 Å². The van der Waals surface area contributed by atoms with E-state index in [9.17, 15) is 4.79 Å². The third-order valence-electron chi connectivity index (χ3n) is 4.79. The highest BCUT2D eigenvalue weighted by atomic mass is 16.5. The number of aryl methyl sites for hydroxylation is 1. The lowest BCUT2D eigenvalue weighted by Gasteiger charge is -2.29. The average molecular weight is 384 g/mol. The van der Waals surface area contributed by atoms with Gasteiger partial charge in [-0.15, -0.1) is 0 Å². The van der Waals surface area contributed by atoms with Gasteiger partial charge in [0.25, 0.3) is 0 Å². The molecule has 1 N–H and O–H groups in total. The fraction of sp³-hybridized carbons (Fsp3) is 0.389. The third kappa shape index (κ3) is 3.28. The summed E-state index contributed by atoms with van der Waals surface area (Å²) in [5.41, 5.74) is 2.78. The fourth-order valence-electron chi connectivity index (χ4n) is 3.30. The van der Waals surface area contributed by atoms with Crippen LogP contribution in [-0.2, 0) is 0 Å². The molecular weight excluding hydrogens is 364 g/mol. The third-order valence-corrected chi connectivity index (χ3v) is 4.79. The van der Waals surface area contributed by atoms with Crippen LogP contribution in [0.4, 0.5) is 4.79 Å². The Kier molecular flexibility index (Phi) is 4.68. The molecule has 0 bridgehead atoms. The van der Waals surface area contributed by atoms with E-state index in [4.69, 9.17) is 14.6 Å². The van der Waals surface area contributed by atoms with E-state index in [2.05, 4.69) is 19.9 Å². The minimum Gasteiger partial charge on any atom is -0.481 e. The van der Waals surface area contributed by atoms with E-state index in [-0.39, 0.29) is 6.10 Å². The number of hydrogen-bond donors (Lipinski definition) is 1. The number of ether oxygens (including phenoxy) is 2. The molecule has 3 aromatic rings. The molecule has 10 nitrogen and oxygen atoms in total. The zero-order valence-electron chi connectivity index (χ0n) is 15.6. The molecule has 0 aliphatic carbocycles. The maximum atomic E-state index is 11.0. The number of methoxy groups -OCH3 is 1. The quantitative estimate of drug-likeness (QED) is 0.727. The van der Waals surface area contributed by atoms with Crippen LogP contribution in [-0.4, -0.2) is 66.9 Å². The summed E-state index contributed by atoms with van der Waals surface area (Å²) in [6.45, 7) is 2.78. The Morgan fingerprint density at radius 2 is 2.00 bits per heavy atom. The van der Waals surface area contributed by atoms with Crippen LogP contribution >= 0.6 is 0 Å². The molecule has 4 rings (SSSR count). The van der Waals surface area contributed by atoms with Gasteiger partial charge in [0.1, 0.15) is 18.8 Å². The molecule has 10 heteroatoms. The number of rotatable bonds is 4. The smallest absolute Gasteiger partial charge is 0.407 e. The van der Waals surface area contributed by atoms with Gasteiger partial charge in [0.15, 0.2) is 11.2 Å². The summed E-state index contributed by atoms with van der Waals surface area (Å²) in [6.07, 6.45) is 3.32. The number of fused-ring (bicyclic) bond motifs is 1. The number of piperidine rings is 1.